The van der Waals surface area contributed by atoms with E-state index in [2.05, 4.69) is 47.4 Å². The van der Waals surface area contributed by atoms with E-state index in [1.165, 1.54) is 22.3 Å². The highest BCUT2D eigenvalue weighted by molar-refractivity contribution is 5.62. The van der Waals surface area contributed by atoms with Crippen molar-refractivity contribution in [3.05, 3.63) is 89.1 Å². The molecule has 0 saturated carbocycles. The van der Waals surface area contributed by atoms with Gasteiger partial charge in [-0.1, -0.05) is 36.4 Å². The minimum Gasteiger partial charge on any atom is -0.497 e. The highest BCUT2D eigenvalue weighted by atomic mass is 16.5. The van der Waals surface area contributed by atoms with Crippen LogP contribution in [0.1, 0.15) is 22.3 Å². The van der Waals surface area contributed by atoms with Crippen LogP contribution in [0, 0.1) is 0 Å². The van der Waals surface area contributed by atoms with Gasteiger partial charge in [0, 0.05) is 19.3 Å². The number of hydrogen-bond donors (Lipinski definition) is 0. The van der Waals surface area contributed by atoms with Gasteiger partial charge < -0.3 is 14.4 Å². The van der Waals surface area contributed by atoms with Gasteiger partial charge in [0.15, 0.2) is 0 Å². The third kappa shape index (κ3) is 4.01. The lowest BCUT2D eigenvalue weighted by atomic mass is 10.1. The number of pyridine rings is 1. The van der Waals surface area contributed by atoms with Crippen molar-refractivity contribution < 1.29 is 9.47 Å². The molecule has 0 saturated heterocycles. The molecule has 1 aromatic heterocycles. The summed E-state index contributed by atoms with van der Waals surface area (Å²) in [5, 5.41) is 0. The molecule has 1 heterocycles. The molecule has 0 radical (unpaired) electrons. The maximum atomic E-state index is 5.28. The van der Waals surface area contributed by atoms with Crippen LogP contribution in [0.15, 0.2) is 66.9 Å². The van der Waals surface area contributed by atoms with Crippen LogP contribution in [0.2, 0.25) is 0 Å². The van der Waals surface area contributed by atoms with Crippen LogP contribution in [-0.4, -0.2) is 19.2 Å². The Bertz CT molecular complexity index is 913. The Kier molecular flexibility index (Phi) is 5.29. The Balaban J connectivity index is 1.61. The second-order valence-corrected chi connectivity index (χ2v) is 6.90. The summed E-state index contributed by atoms with van der Waals surface area (Å²) in [5.74, 6) is 2.73. The average Bonchev–Trinajstić information content (AvgIpc) is 3.22. The first-order chi connectivity index (χ1) is 13.7. The third-order valence-electron chi connectivity index (χ3n) is 5.03. The first-order valence-corrected chi connectivity index (χ1v) is 9.41. The summed E-state index contributed by atoms with van der Waals surface area (Å²) < 4.78 is 10.6. The first kappa shape index (κ1) is 18.1. The van der Waals surface area contributed by atoms with E-state index >= 15 is 0 Å². The summed E-state index contributed by atoms with van der Waals surface area (Å²) in [5.41, 5.74) is 4.99. The largest absolute Gasteiger partial charge is 0.497 e. The van der Waals surface area contributed by atoms with Crippen molar-refractivity contribution in [3.63, 3.8) is 0 Å². The van der Waals surface area contributed by atoms with Crippen LogP contribution in [0.3, 0.4) is 0 Å². The van der Waals surface area contributed by atoms with Gasteiger partial charge in [-0.2, -0.15) is 0 Å². The molecule has 4 heteroatoms. The van der Waals surface area contributed by atoms with Crippen molar-refractivity contribution in [1.29, 1.82) is 0 Å². The molecule has 2 aromatic carbocycles. The lowest BCUT2D eigenvalue weighted by Gasteiger charge is -2.25. The maximum Gasteiger partial charge on any atom is 0.129 e. The number of benzene rings is 2. The number of rotatable bonds is 7. The van der Waals surface area contributed by atoms with Gasteiger partial charge in [0.05, 0.1) is 14.2 Å². The molecule has 4 rings (SSSR count). The summed E-state index contributed by atoms with van der Waals surface area (Å²) in [6, 6.07) is 18.6. The SMILES string of the molecule is COc1ccc(CN(Cc2ccc(OC)cc2)c2cc3c(cn2)C=CC3)cc1. The van der Waals surface area contributed by atoms with Crippen molar-refractivity contribution in [1.82, 2.24) is 4.98 Å². The average molecular weight is 372 g/mol. The molecule has 1 aliphatic rings. The van der Waals surface area contributed by atoms with E-state index in [-0.39, 0.29) is 0 Å². The van der Waals surface area contributed by atoms with Gasteiger partial charge in [-0.05, 0) is 59.0 Å². The highest BCUT2D eigenvalue weighted by Gasteiger charge is 2.14. The minimum absolute atomic E-state index is 0.773. The lowest BCUT2D eigenvalue weighted by molar-refractivity contribution is 0.414. The van der Waals surface area contributed by atoms with Gasteiger partial charge in [-0.25, -0.2) is 4.98 Å². The molecule has 0 amide bonds. The minimum atomic E-state index is 0.773. The molecule has 142 valence electrons. The van der Waals surface area contributed by atoms with E-state index in [9.17, 15) is 0 Å². The Labute approximate surface area is 166 Å². The molecule has 3 aromatic rings. The molecule has 0 atom stereocenters. The zero-order valence-corrected chi connectivity index (χ0v) is 16.3. The molecular weight excluding hydrogens is 348 g/mol. The summed E-state index contributed by atoms with van der Waals surface area (Å²) >= 11 is 0. The molecule has 0 bridgehead atoms. The fourth-order valence-corrected chi connectivity index (χ4v) is 3.43. The molecule has 0 unspecified atom stereocenters. The number of hydrogen-bond acceptors (Lipinski definition) is 4. The van der Waals surface area contributed by atoms with E-state index in [0.717, 1.165) is 36.8 Å². The summed E-state index contributed by atoms with van der Waals surface area (Å²) in [7, 11) is 3.38. The summed E-state index contributed by atoms with van der Waals surface area (Å²) in [4.78, 5) is 7.04. The maximum absolute atomic E-state index is 5.28. The number of anilines is 1. The number of fused-ring (bicyclic) bond motifs is 1. The van der Waals surface area contributed by atoms with Crippen LogP contribution in [-0.2, 0) is 19.5 Å². The van der Waals surface area contributed by atoms with E-state index < -0.39 is 0 Å². The Morgan fingerprint density at radius 1 is 0.857 bits per heavy atom. The van der Waals surface area contributed by atoms with E-state index in [4.69, 9.17) is 14.5 Å². The van der Waals surface area contributed by atoms with Gasteiger partial charge >= 0.3 is 0 Å². The van der Waals surface area contributed by atoms with Crippen molar-refractivity contribution in [2.45, 2.75) is 19.5 Å². The molecule has 0 aliphatic heterocycles. The molecule has 1 aliphatic carbocycles. The topological polar surface area (TPSA) is 34.6 Å². The molecule has 28 heavy (non-hydrogen) atoms. The van der Waals surface area contributed by atoms with Crippen LogP contribution >= 0.6 is 0 Å². The van der Waals surface area contributed by atoms with Gasteiger partial charge in [0.2, 0.25) is 0 Å². The molecule has 0 spiro atoms. The Morgan fingerprint density at radius 2 is 1.43 bits per heavy atom. The van der Waals surface area contributed by atoms with Crippen molar-refractivity contribution in [2.24, 2.45) is 0 Å². The summed E-state index contributed by atoms with van der Waals surface area (Å²) in [6.45, 7) is 1.55. The predicted octanol–water partition coefficient (Wildman–Crippen LogP) is 4.87. The number of ether oxygens (including phenoxy) is 2. The third-order valence-corrected chi connectivity index (χ3v) is 5.03. The number of methoxy groups -OCH3 is 2. The van der Waals surface area contributed by atoms with Crippen LogP contribution in [0.4, 0.5) is 5.82 Å². The van der Waals surface area contributed by atoms with Gasteiger partial charge in [-0.3, -0.25) is 0 Å². The van der Waals surface area contributed by atoms with E-state index in [1.54, 1.807) is 14.2 Å². The monoisotopic (exact) mass is 372 g/mol. The Morgan fingerprint density at radius 3 is 1.96 bits per heavy atom. The van der Waals surface area contributed by atoms with Gasteiger partial charge in [0.25, 0.3) is 0 Å². The zero-order valence-electron chi connectivity index (χ0n) is 16.3. The summed E-state index contributed by atoms with van der Waals surface area (Å²) in [6.07, 6.45) is 7.28. The standard InChI is InChI=1S/C24H24N2O2/c1-27-22-10-6-18(7-11-22)16-26(17-19-8-12-23(28-2)13-9-19)24-14-20-4-3-5-21(20)15-25-24/h3,5-15H,4,16-17H2,1-2H3. The van der Waals surface area contributed by atoms with Gasteiger partial charge in [-0.15, -0.1) is 0 Å². The highest BCUT2D eigenvalue weighted by Crippen LogP contribution is 2.26. The van der Waals surface area contributed by atoms with Crippen LogP contribution < -0.4 is 14.4 Å². The van der Waals surface area contributed by atoms with Crippen molar-refractivity contribution in [2.75, 3.05) is 19.1 Å². The zero-order chi connectivity index (χ0) is 19.3. The van der Waals surface area contributed by atoms with Crippen molar-refractivity contribution >= 4 is 11.9 Å². The second-order valence-electron chi connectivity index (χ2n) is 6.90. The molecular formula is C24H24N2O2. The number of allylic oxidation sites excluding steroid dienone is 1. The normalized spacial score (nSPS) is 11.9. The smallest absolute Gasteiger partial charge is 0.129 e. The second kappa shape index (κ2) is 8.17. The lowest BCUT2D eigenvalue weighted by Crippen LogP contribution is -2.23. The van der Waals surface area contributed by atoms with E-state index in [1.807, 2.05) is 30.5 Å². The van der Waals surface area contributed by atoms with Crippen LogP contribution in [0.25, 0.3) is 6.08 Å². The first-order valence-electron chi connectivity index (χ1n) is 9.41. The molecule has 4 nitrogen and oxygen atoms in total. The molecule has 0 N–H and O–H groups in total. The Hall–Kier alpha value is -3.27. The van der Waals surface area contributed by atoms with Gasteiger partial charge in [0.1, 0.15) is 17.3 Å². The number of nitrogens with zero attached hydrogens (tertiary/aromatic N) is 2. The predicted molar refractivity (Wildman–Crippen MR) is 113 cm³/mol. The quantitative estimate of drug-likeness (QED) is 0.592. The molecule has 0 fully saturated rings. The fraction of sp³-hybridized carbons (Fsp3) is 0.208. The van der Waals surface area contributed by atoms with E-state index in [0.29, 0.717) is 0 Å². The number of aromatic nitrogens is 1. The van der Waals surface area contributed by atoms with Crippen LogP contribution in [0.5, 0.6) is 11.5 Å². The van der Waals surface area contributed by atoms with Crippen molar-refractivity contribution in [3.8, 4) is 11.5 Å². The fourth-order valence-electron chi connectivity index (χ4n) is 3.43.